The lowest BCUT2D eigenvalue weighted by molar-refractivity contribution is -0.118. The number of para-hydroxylation sites is 1. The number of hydrogen-bond acceptors (Lipinski definition) is 7. The highest BCUT2D eigenvalue weighted by Gasteiger charge is 2.15. The smallest absolute Gasteiger partial charge is 0.266 e. The molecule has 4 rings (SSSR count). The summed E-state index contributed by atoms with van der Waals surface area (Å²) in [6.45, 7) is 1.78. The van der Waals surface area contributed by atoms with Gasteiger partial charge in [0.2, 0.25) is 0 Å². The summed E-state index contributed by atoms with van der Waals surface area (Å²) in [5.41, 5.74) is 4.85. The minimum absolute atomic E-state index is 0.00108. The third kappa shape index (κ3) is 5.53. The maximum atomic E-state index is 13.3. The second-order valence-electron chi connectivity index (χ2n) is 7.62. The van der Waals surface area contributed by atoms with Crippen LogP contribution < -0.4 is 20.5 Å². The Bertz CT molecular complexity index is 1500. The molecule has 0 saturated carbocycles. The molecule has 0 saturated heterocycles. The fraction of sp³-hybridized carbons (Fsp3) is 0.154. The van der Waals surface area contributed by atoms with E-state index in [2.05, 4.69) is 15.5 Å². The molecule has 0 atom stereocenters. The zero-order valence-electron chi connectivity index (χ0n) is 19.8. The molecule has 10 heteroatoms. The summed E-state index contributed by atoms with van der Waals surface area (Å²) >= 11 is 7.17. The average Bonchev–Trinajstić information content (AvgIpc) is 2.91. The van der Waals surface area contributed by atoms with Crippen LogP contribution in [0.15, 0.2) is 81.8 Å². The second kappa shape index (κ2) is 11.3. The Balaban J connectivity index is 1.55. The predicted octanol–water partition coefficient (Wildman–Crippen LogP) is 4.69. The van der Waals surface area contributed by atoms with Gasteiger partial charge in [0.15, 0.2) is 16.7 Å². The molecule has 4 aromatic rings. The zero-order chi connectivity index (χ0) is 25.7. The Morgan fingerprint density at radius 3 is 2.50 bits per heavy atom. The first-order valence-electron chi connectivity index (χ1n) is 10.9. The average molecular weight is 523 g/mol. The van der Waals surface area contributed by atoms with Crippen molar-refractivity contribution in [2.24, 2.45) is 5.10 Å². The van der Waals surface area contributed by atoms with Gasteiger partial charge >= 0.3 is 0 Å². The van der Waals surface area contributed by atoms with Gasteiger partial charge < -0.3 is 9.47 Å². The van der Waals surface area contributed by atoms with Crippen LogP contribution in [0.4, 0.5) is 0 Å². The monoisotopic (exact) mass is 522 g/mol. The van der Waals surface area contributed by atoms with E-state index in [1.807, 2.05) is 12.1 Å². The number of hydrogen-bond donors (Lipinski definition) is 1. The van der Waals surface area contributed by atoms with Crippen LogP contribution >= 0.6 is 23.4 Å². The molecular formula is C26H23ClN4O4S. The predicted molar refractivity (Wildman–Crippen MR) is 143 cm³/mol. The quantitative estimate of drug-likeness (QED) is 0.156. The van der Waals surface area contributed by atoms with Crippen molar-refractivity contribution >= 4 is 45.9 Å². The van der Waals surface area contributed by atoms with Crippen LogP contribution in [0.5, 0.6) is 11.5 Å². The van der Waals surface area contributed by atoms with Gasteiger partial charge in [-0.05, 0) is 61.5 Å². The highest BCUT2D eigenvalue weighted by molar-refractivity contribution is 7.99. The standard InChI is InChI=1S/C26H23ClN4O4S/c1-16(17-8-13-22(34-2)23(14-17)35-3)29-30-24(32)15-36-26-28-21-7-5-4-6-20(21)25(33)31(26)19-11-9-18(27)10-12-19/h4-14H,15H2,1-3H3,(H,30,32)/b29-16+. The van der Waals surface area contributed by atoms with Crippen LogP contribution in [-0.4, -0.2) is 41.1 Å². The van der Waals surface area contributed by atoms with Crippen LogP contribution in [0, 0.1) is 0 Å². The van der Waals surface area contributed by atoms with Gasteiger partial charge in [-0.2, -0.15) is 5.10 Å². The molecule has 36 heavy (non-hydrogen) atoms. The van der Waals surface area contributed by atoms with Crippen molar-refractivity contribution in [3.05, 3.63) is 87.7 Å². The number of methoxy groups -OCH3 is 2. The van der Waals surface area contributed by atoms with E-state index in [-0.39, 0.29) is 17.2 Å². The van der Waals surface area contributed by atoms with Gasteiger partial charge in [-0.3, -0.25) is 14.2 Å². The minimum atomic E-state index is -0.343. The molecule has 0 fully saturated rings. The number of thioether (sulfide) groups is 1. The summed E-state index contributed by atoms with van der Waals surface area (Å²) in [6.07, 6.45) is 0. The van der Waals surface area contributed by atoms with E-state index < -0.39 is 0 Å². The number of hydrazone groups is 1. The third-order valence-corrected chi connectivity index (χ3v) is 6.50. The molecule has 1 aromatic heterocycles. The molecule has 0 bridgehead atoms. The van der Waals surface area contributed by atoms with Crippen molar-refractivity contribution in [3.8, 4) is 17.2 Å². The highest BCUT2D eigenvalue weighted by atomic mass is 35.5. The number of nitrogens with zero attached hydrogens (tertiary/aromatic N) is 3. The van der Waals surface area contributed by atoms with E-state index in [4.69, 9.17) is 21.1 Å². The molecule has 1 N–H and O–H groups in total. The third-order valence-electron chi connectivity index (χ3n) is 5.31. The topological polar surface area (TPSA) is 94.8 Å². The summed E-state index contributed by atoms with van der Waals surface area (Å²) in [5.74, 6) is 0.823. The van der Waals surface area contributed by atoms with Crippen LogP contribution in [0.25, 0.3) is 16.6 Å². The maximum absolute atomic E-state index is 13.3. The number of benzene rings is 3. The molecule has 0 aliphatic carbocycles. The van der Waals surface area contributed by atoms with Crippen molar-refractivity contribution in [1.29, 1.82) is 0 Å². The minimum Gasteiger partial charge on any atom is -0.493 e. The number of ether oxygens (including phenoxy) is 2. The van der Waals surface area contributed by atoms with Gasteiger partial charge in [0, 0.05) is 10.6 Å². The van der Waals surface area contributed by atoms with Crippen LogP contribution in [0.3, 0.4) is 0 Å². The van der Waals surface area contributed by atoms with E-state index in [0.717, 1.165) is 17.3 Å². The normalized spacial score (nSPS) is 11.4. The number of carbonyl (C=O) groups excluding carboxylic acids is 1. The highest BCUT2D eigenvalue weighted by Crippen LogP contribution is 2.28. The molecule has 3 aromatic carbocycles. The summed E-state index contributed by atoms with van der Waals surface area (Å²) in [4.78, 5) is 30.5. The number of rotatable bonds is 8. The first-order valence-corrected chi connectivity index (χ1v) is 12.2. The van der Waals surface area contributed by atoms with Crippen LogP contribution in [0.2, 0.25) is 5.02 Å². The molecule has 0 spiro atoms. The SMILES string of the molecule is COc1ccc(/C(C)=N/NC(=O)CSc2nc3ccccc3c(=O)n2-c2ccc(Cl)cc2)cc1OC. The van der Waals surface area contributed by atoms with E-state index in [1.54, 1.807) is 75.7 Å². The summed E-state index contributed by atoms with van der Waals surface area (Å²) in [7, 11) is 3.12. The van der Waals surface area contributed by atoms with E-state index in [0.29, 0.717) is 44.0 Å². The molecule has 8 nitrogen and oxygen atoms in total. The second-order valence-corrected chi connectivity index (χ2v) is 9.00. The molecule has 0 radical (unpaired) electrons. The van der Waals surface area contributed by atoms with Gasteiger partial charge in [-0.1, -0.05) is 35.5 Å². The first-order chi connectivity index (χ1) is 17.4. The van der Waals surface area contributed by atoms with Gasteiger partial charge in [-0.15, -0.1) is 0 Å². The van der Waals surface area contributed by atoms with Crippen molar-refractivity contribution in [3.63, 3.8) is 0 Å². The summed E-state index contributed by atoms with van der Waals surface area (Å²) < 4.78 is 12.1. The van der Waals surface area contributed by atoms with Crippen molar-refractivity contribution in [2.75, 3.05) is 20.0 Å². The number of halogens is 1. The molecule has 0 aliphatic rings. The van der Waals surface area contributed by atoms with E-state index in [1.165, 1.54) is 4.57 Å². The molecule has 0 unspecified atom stereocenters. The van der Waals surface area contributed by atoms with Crippen molar-refractivity contribution in [2.45, 2.75) is 12.1 Å². The fourth-order valence-corrected chi connectivity index (χ4v) is 4.39. The summed E-state index contributed by atoms with van der Waals surface area (Å²) in [6, 6.07) is 19.3. The fourth-order valence-electron chi connectivity index (χ4n) is 3.46. The number of amides is 1. The molecule has 1 amide bonds. The molecule has 1 heterocycles. The molecule has 0 aliphatic heterocycles. The van der Waals surface area contributed by atoms with Crippen LogP contribution in [0.1, 0.15) is 12.5 Å². The van der Waals surface area contributed by atoms with Gasteiger partial charge in [-0.25, -0.2) is 10.4 Å². The molecular weight excluding hydrogens is 500 g/mol. The van der Waals surface area contributed by atoms with Gasteiger partial charge in [0.05, 0.1) is 42.3 Å². The van der Waals surface area contributed by atoms with E-state index >= 15 is 0 Å². The molecule has 184 valence electrons. The Hall–Kier alpha value is -3.82. The summed E-state index contributed by atoms with van der Waals surface area (Å²) in [5, 5.41) is 5.62. The lowest BCUT2D eigenvalue weighted by Gasteiger charge is -2.13. The lowest BCUT2D eigenvalue weighted by atomic mass is 10.1. The number of carbonyl (C=O) groups is 1. The first kappa shape index (κ1) is 25.3. The Morgan fingerprint density at radius 1 is 1.06 bits per heavy atom. The van der Waals surface area contributed by atoms with E-state index in [9.17, 15) is 9.59 Å². The maximum Gasteiger partial charge on any atom is 0.266 e. The number of aromatic nitrogens is 2. The largest absolute Gasteiger partial charge is 0.493 e. The Kier molecular flexibility index (Phi) is 7.92. The zero-order valence-corrected chi connectivity index (χ0v) is 21.4. The lowest BCUT2D eigenvalue weighted by Crippen LogP contribution is -2.24. The van der Waals surface area contributed by atoms with Crippen molar-refractivity contribution in [1.82, 2.24) is 15.0 Å². The van der Waals surface area contributed by atoms with Gasteiger partial charge in [0.1, 0.15) is 0 Å². The Morgan fingerprint density at radius 2 is 1.78 bits per heavy atom. The Labute approximate surface area is 216 Å². The van der Waals surface area contributed by atoms with Gasteiger partial charge in [0.25, 0.3) is 11.5 Å². The van der Waals surface area contributed by atoms with Crippen LogP contribution in [-0.2, 0) is 4.79 Å². The number of nitrogens with one attached hydrogen (secondary N) is 1. The number of fused-ring (bicyclic) bond motifs is 1. The van der Waals surface area contributed by atoms with Crippen molar-refractivity contribution < 1.29 is 14.3 Å².